The molecule has 1 aromatic rings. The van der Waals surface area contributed by atoms with Crippen LogP contribution >= 0.6 is 11.8 Å². The van der Waals surface area contributed by atoms with Crippen LogP contribution in [0.1, 0.15) is 32.3 Å². The van der Waals surface area contributed by atoms with Gasteiger partial charge in [0, 0.05) is 18.3 Å². The number of rotatable bonds is 2. The summed E-state index contributed by atoms with van der Waals surface area (Å²) in [6, 6.07) is 10.6. The number of carbonyl (C=O) groups is 1. The van der Waals surface area contributed by atoms with Gasteiger partial charge in [-0.1, -0.05) is 49.0 Å². The molecule has 0 bridgehead atoms. The van der Waals surface area contributed by atoms with Gasteiger partial charge < -0.3 is 4.90 Å². The van der Waals surface area contributed by atoms with Crippen molar-refractivity contribution < 1.29 is 4.79 Å². The first-order valence-electron chi connectivity index (χ1n) is 6.64. The van der Waals surface area contributed by atoms with E-state index in [2.05, 4.69) is 26.0 Å². The largest absolute Gasteiger partial charge is 0.331 e. The second-order valence-corrected chi connectivity index (χ2v) is 6.15. The molecule has 1 heterocycles. The van der Waals surface area contributed by atoms with Gasteiger partial charge in [-0.3, -0.25) is 4.79 Å². The van der Waals surface area contributed by atoms with Crippen LogP contribution in [0.5, 0.6) is 0 Å². The van der Waals surface area contributed by atoms with Crippen molar-refractivity contribution in [2.45, 2.75) is 38.5 Å². The van der Waals surface area contributed by atoms with Gasteiger partial charge in [0.15, 0.2) is 0 Å². The molecule has 1 saturated heterocycles. The number of piperidine rings is 1. The Hall–Kier alpha value is -0.960. The van der Waals surface area contributed by atoms with Gasteiger partial charge in [-0.2, -0.15) is 0 Å². The van der Waals surface area contributed by atoms with Gasteiger partial charge in [0.1, 0.15) is 0 Å². The van der Waals surface area contributed by atoms with E-state index in [-0.39, 0.29) is 5.24 Å². The monoisotopic (exact) mass is 263 g/mol. The third-order valence-electron chi connectivity index (χ3n) is 3.56. The Morgan fingerprint density at radius 1 is 1.28 bits per heavy atom. The molecular formula is C15H21NOS. The molecule has 1 amide bonds. The molecule has 98 valence electrons. The van der Waals surface area contributed by atoms with Crippen LogP contribution in [0.25, 0.3) is 0 Å². The van der Waals surface area contributed by atoms with Crippen molar-refractivity contribution in [3.8, 4) is 0 Å². The van der Waals surface area contributed by atoms with Crippen molar-refractivity contribution in [2.75, 3.05) is 6.54 Å². The summed E-state index contributed by atoms with van der Waals surface area (Å²) >= 11 is 1.43. The zero-order chi connectivity index (χ0) is 13.0. The van der Waals surface area contributed by atoms with Gasteiger partial charge in [-0.05, 0) is 31.2 Å². The van der Waals surface area contributed by atoms with Gasteiger partial charge >= 0.3 is 0 Å². The molecule has 2 rings (SSSR count). The first kappa shape index (κ1) is 13.5. The number of thioether (sulfide) groups is 1. The number of nitrogens with zero attached hydrogens (tertiary/aromatic N) is 1. The van der Waals surface area contributed by atoms with Crippen LogP contribution in [0.15, 0.2) is 30.3 Å². The number of carbonyl (C=O) groups excluding carboxylic acids is 1. The van der Waals surface area contributed by atoms with Crippen molar-refractivity contribution >= 4 is 17.0 Å². The van der Waals surface area contributed by atoms with Crippen LogP contribution in [0.4, 0.5) is 4.79 Å². The summed E-state index contributed by atoms with van der Waals surface area (Å²) in [4.78, 5) is 14.3. The molecule has 1 aromatic carbocycles. The molecule has 0 aromatic heterocycles. The second kappa shape index (κ2) is 6.28. The first-order valence-corrected chi connectivity index (χ1v) is 7.62. The molecule has 2 atom stereocenters. The molecule has 0 N–H and O–H groups in total. The topological polar surface area (TPSA) is 20.3 Å². The zero-order valence-corrected chi connectivity index (χ0v) is 12.0. The van der Waals surface area contributed by atoms with Crippen LogP contribution in [-0.2, 0) is 5.75 Å². The highest BCUT2D eigenvalue weighted by atomic mass is 32.2. The van der Waals surface area contributed by atoms with E-state index in [1.54, 1.807) is 0 Å². The maximum atomic E-state index is 12.2. The smallest absolute Gasteiger partial charge is 0.282 e. The second-order valence-electron chi connectivity index (χ2n) is 5.22. The minimum atomic E-state index is 0.234. The summed E-state index contributed by atoms with van der Waals surface area (Å²) in [7, 11) is 0. The lowest BCUT2D eigenvalue weighted by molar-refractivity contribution is 0.156. The third kappa shape index (κ3) is 3.52. The van der Waals surface area contributed by atoms with Gasteiger partial charge in [0.25, 0.3) is 5.24 Å². The standard InChI is InChI=1S/C15H21NOS/c1-12-8-9-13(2)16(10-12)15(17)18-11-14-6-4-3-5-7-14/h3-7,12-13H,8-11H2,1-2H3. The molecule has 0 aliphatic carbocycles. The van der Waals surface area contributed by atoms with Crippen LogP contribution in [0.3, 0.4) is 0 Å². The number of amides is 1. The molecule has 0 radical (unpaired) electrons. The Morgan fingerprint density at radius 3 is 2.72 bits per heavy atom. The predicted octanol–water partition coefficient (Wildman–Crippen LogP) is 4.16. The van der Waals surface area contributed by atoms with E-state index in [4.69, 9.17) is 0 Å². The van der Waals surface area contributed by atoms with E-state index in [1.807, 2.05) is 23.1 Å². The number of benzene rings is 1. The van der Waals surface area contributed by atoms with Crippen LogP contribution in [0.2, 0.25) is 0 Å². The molecule has 0 spiro atoms. The summed E-state index contributed by atoms with van der Waals surface area (Å²) in [5.74, 6) is 1.42. The average Bonchev–Trinajstić information content (AvgIpc) is 2.40. The Morgan fingerprint density at radius 2 is 2.00 bits per heavy atom. The van der Waals surface area contributed by atoms with Crippen molar-refractivity contribution in [2.24, 2.45) is 5.92 Å². The predicted molar refractivity (Wildman–Crippen MR) is 77.7 cm³/mol. The molecule has 1 fully saturated rings. The van der Waals surface area contributed by atoms with Crippen LogP contribution < -0.4 is 0 Å². The fraction of sp³-hybridized carbons (Fsp3) is 0.533. The summed E-state index contributed by atoms with van der Waals surface area (Å²) in [6.45, 7) is 5.31. The Bertz CT molecular complexity index is 393. The van der Waals surface area contributed by atoms with Crippen molar-refractivity contribution in [3.63, 3.8) is 0 Å². The highest BCUT2D eigenvalue weighted by molar-refractivity contribution is 8.12. The Kier molecular flexibility index (Phi) is 4.70. The summed E-state index contributed by atoms with van der Waals surface area (Å²) in [6.07, 6.45) is 2.38. The van der Waals surface area contributed by atoms with E-state index >= 15 is 0 Å². The SMILES string of the molecule is CC1CCC(C)N(C(=O)SCc2ccccc2)C1. The van der Waals surface area contributed by atoms with Crippen molar-refractivity contribution in [1.82, 2.24) is 4.90 Å². The lowest BCUT2D eigenvalue weighted by atomic mass is 9.96. The lowest BCUT2D eigenvalue weighted by Gasteiger charge is -2.36. The molecular weight excluding hydrogens is 242 g/mol. The van der Waals surface area contributed by atoms with Gasteiger partial charge in [-0.25, -0.2) is 0 Å². The summed E-state index contributed by atoms with van der Waals surface area (Å²) in [5, 5.41) is 0.234. The van der Waals surface area contributed by atoms with Crippen LogP contribution in [-0.4, -0.2) is 22.7 Å². The molecule has 2 unspecified atom stereocenters. The number of hydrogen-bond acceptors (Lipinski definition) is 2. The summed E-state index contributed by atoms with van der Waals surface area (Å²) < 4.78 is 0. The normalized spacial score (nSPS) is 24.0. The lowest BCUT2D eigenvalue weighted by Crippen LogP contribution is -2.43. The maximum Gasteiger partial charge on any atom is 0.282 e. The van der Waals surface area contributed by atoms with E-state index in [9.17, 15) is 4.79 Å². The van der Waals surface area contributed by atoms with Gasteiger partial charge in [0.2, 0.25) is 0 Å². The molecule has 18 heavy (non-hydrogen) atoms. The third-order valence-corrected chi connectivity index (χ3v) is 4.52. The minimum absolute atomic E-state index is 0.234. The van der Waals surface area contributed by atoms with E-state index < -0.39 is 0 Å². The fourth-order valence-electron chi connectivity index (χ4n) is 2.35. The molecule has 0 saturated carbocycles. The van der Waals surface area contributed by atoms with E-state index in [0.717, 1.165) is 18.7 Å². The molecule has 3 heteroatoms. The number of hydrogen-bond donors (Lipinski definition) is 0. The molecule has 1 aliphatic heterocycles. The van der Waals surface area contributed by atoms with Crippen LogP contribution in [0, 0.1) is 5.92 Å². The fourth-order valence-corrected chi connectivity index (χ4v) is 3.25. The highest BCUT2D eigenvalue weighted by Gasteiger charge is 2.26. The zero-order valence-electron chi connectivity index (χ0n) is 11.1. The first-order chi connectivity index (χ1) is 8.66. The van der Waals surface area contributed by atoms with Gasteiger partial charge in [-0.15, -0.1) is 0 Å². The quantitative estimate of drug-likeness (QED) is 0.798. The Labute approximate surface area is 114 Å². The van der Waals surface area contributed by atoms with Crippen molar-refractivity contribution in [3.05, 3.63) is 35.9 Å². The Balaban J connectivity index is 1.87. The maximum absolute atomic E-state index is 12.2. The molecule has 1 aliphatic rings. The number of likely N-dealkylation sites (tertiary alicyclic amines) is 1. The molecule has 2 nitrogen and oxygen atoms in total. The minimum Gasteiger partial charge on any atom is -0.331 e. The average molecular weight is 263 g/mol. The van der Waals surface area contributed by atoms with E-state index in [0.29, 0.717) is 12.0 Å². The van der Waals surface area contributed by atoms with Crippen molar-refractivity contribution in [1.29, 1.82) is 0 Å². The highest BCUT2D eigenvalue weighted by Crippen LogP contribution is 2.26. The van der Waals surface area contributed by atoms with Gasteiger partial charge in [0.05, 0.1) is 0 Å². The van der Waals surface area contributed by atoms with E-state index in [1.165, 1.54) is 23.7 Å². The summed E-state index contributed by atoms with van der Waals surface area (Å²) in [5.41, 5.74) is 1.22.